The quantitative estimate of drug-likeness (QED) is 0.266. The van der Waals surface area contributed by atoms with Crippen LogP contribution in [0.3, 0.4) is 0 Å². The van der Waals surface area contributed by atoms with Gasteiger partial charge in [-0.15, -0.1) is 0 Å². The molecule has 0 fully saturated rings. The van der Waals surface area contributed by atoms with Crippen LogP contribution in [0.25, 0.3) is 44.2 Å². The molecule has 6 aromatic rings. The van der Waals surface area contributed by atoms with Gasteiger partial charge in [-0.3, -0.25) is 9.13 Å². The van der Waals surface area contributed by atoms with Gasteiger partial charge in [0, 0.05) is 32.0 Å². The number of benzene rings is 4. The van der Waals surface area contributed by atoms with Crippen molar-refractivity contribution in [2.75, 3.05) is 0 Å². The van der Waals surface area contributed by atoms with Crippen molar-refractivity contribution in [3.63, 3.8) is 0 Å². The van der Waals surface area contributed by atoms with Crippen molar-refractivity contribution in [2.45, 2.75) is 0 Å². The first-order valence-electron chi connectivity index (χ1n) is 9.67. The molecular weight excluding hydrogens is 420 g/mol. The Bertz CT molecular complexity index is 1490. The molecule has 4 aromatic carbocycles. The second-order valence-electron chi connectivity index (χ2n) is 7.19. The van der Waals surface area contributed by atoms with Crippen LogP contribution >= 0.6 is 15.9 Å². The minimum Gasteiger partial charge on any atom is -0.295 e. The van der Waals surface area contributed by atoms with Crippen molar-refractivity contribution in [2.24, 2.45) is 0 Å². The molecule has 6 rings (SSSR count). The minimum absolute atomic E-state index is 1.12. The molecule has 2 heterocycles. The fourth-order valence-corrected chi connectivity index (χ4v) is 4.98. The number of hydrogen-bond acceptors (Lipinski definition) is 0. The maximum Gasteiger partial charge on any atom is 0.131 e. The lowest BCUT2D eigenvalue weighted by Gasteiger charge is -2.12. The van der Waals surface area contributed by atoms with Gasteiger partial charge in [0.2, 0.25) is 0 Å². The number of rotatable bonds is 2. The largest absolute Gasteiger partial charge is 0.295 e. The van der Waals surface area contributed by atoms with Crippen LogP contribution in [0.5, 0.6) is 0 Å². The van der Waals surface area contributed by atoms with Gasteiger partial charge in [-0.1, -0.05) is 76.6 Å². The molecule has 0 aliphatic heterocycles. The van der Waals surface area contributed by atoms with Gasteiger partial charge in [0.15, 0.2) is 0 Å². The SMILES string of the molecule is Brc1cccc2c1c1c3ccccc3n(-c3ccccc3)c1n2-c1ccccc1. The fraction of sp³-hybridized carbons (Fsp3) is 0. The average Bonchev–Trinajstić information content (AvgIpc) is 3.28. The van der Waals surface area contributed by atoms with Crippen molar-refractivity contribution in [3.8, 4) is 11.4 Å². The summed E-state index contributed by atoms with van der Waals surface area (Å²) in [5, 5.41) is 3.78. The molecule has 0 unspecified atom stereocenters. The molecule has 0 amide bonds. The zero-order valence-corrected chi connectivity index (χ0v) is 17.2. The summed E-state index contributed by atoms with van der Waals surface area (Å²) < 4.78 is 5.87. The van der Waals surface area contributed by atoms with Gasteiger partial charge >= 0.3 is 0 Å². The Morgan fingerprint density at radius 1 is 0.483 bits per heavy atom. The normalized spacial score (nSPS) is 11.6. The summed E-state index contributed by atoms with van der Waals surface area (Å²) >= 11 is 3.83. The maximum absolute atomic E-state index is 3.83. The molecule has 29 heavy (non-hydrogen) atoms. The van der Waals surface area contributed by atoms with E-state index >= 15 is 0 Å². The summed E-state index contributed by atoms with van der Waals surface area (Å²) in [6.07, 6.45) is 0. The summed E-state index contributed by atoms with van der Waals surface area (Å²) in [7, 11) is 0. The van der Waals surface area contributed by atoms with Crippen LogP contribution in [-0.2, 0) is 0 Å². The monoisotopic (exact) mass is 436 g/mol. The summed E-state index contributed by atoms with van der Waals surface area (Å²) in [4.78, 5) is 0. The van der Waals surface area contributed by atoms with Crippen LogP contribution in [0.1, 0.15) is 0 Å². The number of para-hydroxylation sites is 3. The highest BCUT2D eigenvalue weighted by Gasteiger charge is 2.22. The van der Waals surface area contributed by atoms with Crippen molar-refractivity contribution in [3.05, 3.63) is 108 Å². The van der Waals surface area contributed by atoms with Gasteiger partial charge in [0.1, 0.15) is 5.65 Å². The Morgan fingerprint density at radius 3 is 1.72 bits per heavy atom. The highest BCUT2D eigenvalue weighted by molar-refractivity contribution is 9.10. The van der Waals surface area contributed by atoms with Gasteiger partial charge in [-0.25, -0.2) is 0 Å². The maximum atomic E-state index is 3.83. The van der Waals surface area contributed by atoms with Crippen LogP contribution in [0, 0.1) is 0 Å². The van der Waals surface area contributed by atoms with E-state index in [0.717, 1.165) is 15.8 Å². The van der Waals surface area contributed by atoms with Crippen molar-refractivity contribution < 1.29 is 0 Å². The zero-order valence-electron chi connectivity index (χ0n) is 15.6. The Morgan fingerprint density at radius 2 is 1.03 bits per heavy atom. The lowest BCUT2D eigenvalue weighted by molar-refractivity contribution is 1.07. The molecule has 0 aliphatic rings. The second-order valence-corrected chi connectivity index (χ2v) is 8.05. The molecule has 0 radical (unpaired) electrons. The highest BCUT2D eigenvalue weighted by Crippen LogP contribution is 2.42. The molecule has 0 aliphatic carbocycles. The molecule has 0 bridgehead atoms. The highest BCUT2D eigenvalue weighted by atomic mass is 79.9. The molecule has 0 saturated carbocycles. The topological polar surface area (TPSA) is 9.86 Å². The van der Waals surface area contributed by atoms with E-state index in [9.17, 15) is 0 Å². The first-order valence-corrected chi connectivity index (χ1v) is 10.5. The third-order valence-corrected chi connectivity index (χ3v) is 6.23. The number of aromatic nitrogens is 2. The molecular formula is C26H17BrN2. The predicted octanol–water partition coefficient (Wildman–Crippen LogP) is 7.49. The van der Waals surface area contributed by atoms with Gasteiger partial charge in [0.25, 0.3) is 0 Å². The van der Waals surface area contributed by atoms with Crippen LogP contribution in [0.4, 0.5) is 0 Å². The standard InChI is InChI=1S/C26H17BrN2/c27-21-15-9-17-23-25(21)24-20-14-7-8-16-22(20)28(18-10-3-1-4-11-18)26(24)29(23)19-12-5-2-6-13-19/h1-17H. The third kappa shape index (κ3) is 2.34. The molecule has 2 nitrogen and oxygen atoms in total. The van der Waals surface area contributed by atoms with Crippen molar-refractivity contribution >= 4 is 48.8 Å². The van der Waals surface area contributed by atoms with Crippen LogP contribution in [-0.4, -0.2) is 9.13 Å². The first-order chi connectivity index (χ1) is 14.3. The van der Waals surface area contributed by atoms with Gasteiger partial charge in [0.05, 0.1) is 11.0 Å². The molecule has 0 N–H and O–H groups in total. The lowest BCUT2D eigenvalue weighted by Crippen LogP contribution is -2.01. The predicted molar refractivity (Wildman–Crippen MR) is 125 cm³/mol. The summed E-state index contributed by atoms with van der Waals surface area (Å²) in [5.74, 6) is 0. The Hall–Kier alpha value is -3.30. The van der Waals surface area contributed by atoms with E-state index in [4.69, 9.17) is 0 Å². The van der Waals surface area contributed by atoms with Crippen LogP contribution in [0.2, 0.25) is 0 Å². The Balaban J connectivity index is 1.95. The molecule has 0 saturated heterocycles. The number of fused-ring (bicyclic) bond motifs is 5. The molecule has 3 heteroatoms. The fourth-order valence-electron chi connectivity index (χ4n) is 4.42. The second kappa shape index (κ2) is 6.36. The first kappa shape index (κ1) is 16.6. The van der Waals surface area contributed by atoms with E-state index in [0.29, 0.717) is 0 Å². The minimum atomic E-state index is 1.12. The van der Waals surface area contributed by atoms with Gasteiger partial charge in [-0.05, 0) is 42.5 Å². The van der Waals surface area contributed by atoms with Crippen LogP contribution < -0.4 is 0 Å². The van der Waals surface area contributed by atoms with E-state index < -0.39 is 0 Å². The third-order valence-electron chi connectivity index (χ3n) is 5.57. The lowest BCUT2D eigenvalue weighted by atomic mass is 10.1. The van der Waals surface area contributed by atoms with E-state index in [1.807, 2.05) is 0 Å². The van der Waals surface area contributed by atoms with E-state index in [1.165, 1.54) is 32.8 Å². The van der Waals surface area contributed by atoms with E-state index in [2.05, 4.69) is 128 Å². The number of halogens is 1. The molecule has 2 aromatic heterocycles. The van der Waals surface area contributed by atoms with Crippen LogP contribution in [0.15, 0.2) is 108 Å². The molecule has 0 atom stereocenters. The van der Waals surface area contributed by atoms with Gasteiger partial charge < -0.3 is 0 Å². The van der Waals surface area contributed by atoms with Gasteiger partial charge in [-0.2, -0.15) is 0 Å². The smallest absolute Gasteiger partial charge is 0.131 e. The Kier molecular flexibility index (Phi) is 3.65. The average molecular weight is 437 g/mol. The van der Waals surface area contributed by atoms with Crippen molar-refractivity contribution in [1.82, 2.24) is 9.13 Å². The molecule has 0 spiro atoms. The summed E-state index contributed by atoms with van der Waals surface area (Å²) in [6, 6.07) is 36.3. The number of hydrogen-bond donors (Lipinski definition) is 0. The number of nitrogens with zero attached hydrogens (tertiary/aromatic N) is 2. The zero-order chi connectivity index (χ0) is 19.4. The summed E-state index contributed by atoms with van der Waals surface area (Å²) in [6.45, 7) is 0. The van der Waals surface area contributed by atoms with E-state index in [-0.39, 0.29) is 0 Å². The van der Waals surface area contributed by atoms with E-state index in [1.54, 1.807) is 0 Å². The Labute approximate surface area is 176 Å². The summed E-state index contributed by atoms with van der Waals surface area (Å²) in [5.41, 5.74) is 5.92. The van der Waals surface area contributed by atoms with Crippen molar-refractivity contribution in [1.29, 1.82) is 0 Å². The molecule has 138 valence electrons.